The second kappa shape index (κ2) is 9.43. The maximum atomic E-state index is 13.2. The summed E-state index contributed by atoms with van der Waals surface area (Å²) in [4.78, 5) is 35.0. The number of benzene rings is 2. The smallest absolute Gasteiger partial charge is 0.387 e. The first-order valence-electron chi connectivity index (χ1n) is 11.2. The van der Waals surface area contributed by atoms with E-state index < -0.39 is 11.9 Å². The molecule has 8 nitrogen and oxygen atoms in total. The van der Waals surface area contributed by atoms with E-state index in [2.05, 4.69) is 0 Å². The number of aromatic hydroxyl groups is 4. The van der Waals surface area contributed by atoms with Crippen LogP contribution in [0.25, 0.3) is 28.3 Å². The number of carbonyl (C=O) groups is 2. The first-order chi connectivity index (χ1) is 17.8. The van der Waals surface area contributed by atoms with Crippen LogP contribution in [0.1, 0.15) is 22.3 Å². The Morgan fingerprint density at radius 3 is 2.08 bits per heavy atom. The van der Waals surface area contributed by atoms with Crippen molar-refractivity contribution in [1.82, 2.24) is 0 Å². The van der Waals surface area contributed by atoms with Gasteiger partial charge in [-0.2, -0.15) is 0 Å². The highest BCUT2D eigenvalue weighted by molar-refractivity contribution is 6.25. The number of carbonyl (C=O) groups excluding carboxylic acids is 2. The number of allylic oxidation sites excluding steroid dienone is 1. The first kappa shape index (κ1) is 23.5. The molecule has 2 aromatic carbocycles. The van der Waals surface area contributed by atoms with Crippen LogP contribution in [0.2, 0.25) is 0 Å². The molecule has 4 N–H and O–H groups in total. The van der Waals surface area contributed by atoms with Gasteiger partial charge in [-0.25, -0.2) is 19.4 Å². The molecule has 0 aromatic heterocycles. The monoisotopic (exact) mass is 496 g/mol. The van der Waals surface area contributed by atoms with E-state index in [1.54, 1.807) is 6.07 Å². The van der Waals surface area contributed by atoms with Crippen LogP contribution < -0.4 is 0 Å². The van der Waals surface area contributed by atoms with Gasteiger partial charge in [-0.1, -0.05) is 42.5 Å². The Morgan fingerprint density at radius 2 is 1.35 bits per heavy atom. The van der Waals surface area contributed by atoms with E-state index in [-0.39, 0.29) is 28.6 Å². The standard InChI is InChI=1S/C29H20O8/c30-23-7-4-16(13-25(23)32)5-9-27(34)36-37-29(35)28-21-11-17(10-18-2-1-3-19(18)14-21)12-22(28)20-6-8-24(31)26(33)15-20/h1-11,13-15,30-33H,12H2/b9-5+. The van der Waals surface area contributed by atoms with Crippen molar-refractivity contribution in [3.05, 3.63) is 101 Å². The van der Waals surface area contributed by atoms with E-state index >= 15 is 0 Å². The molecule has 8 heteroatoms. The van der Waals surface area contributed by atoms with E-state index in [0.29, 0.717) is 28.7 Å². The molecule has 0 aliphatic heterocycles. The van der Waals surface area contributed by atoms with Crippen molar-refractivity contribution in [2.45, 2.75) is 6.42 Å². The molecule has 0 saturated heterocycles. The van der Waals surface area contributed by atoms with Crippen molar-refractivity contribution in [2.24, 2.45) is 0 Å². The summed E-state index contributed by atoms with van der Waals surface area (Å²) in [5.41, 5.74) is 4.93. The number of rotatable bonds is 4. The van der Waals surface area contributed by atoms with Crippen LogP contribution in [-0.4, -0.2) is 32.4 Å². The van der Waals surface area contributed by atoms with Crippen LogP contribution in [0.3, 0.4) is 0 Å². The van der Waals surface area contributed by atoms with Crippen LogP contribution in [-0.2, 0) is 25.8 Å². The topological polar surface area (TPSA) is 134 Å². The van der Waals surface area contributed by atoms with Gasteiger partial charge in [0.2, 0.25) is 0 Å². The number of hydrogen-bond acceptors (Lipinski definition) is 8. The third-order valence-electron chi connectivity index (χ3n) is 5.99. The van der Waals surface area contributed by atoms with Crippen molar-refractivity contribution in [3.63, 3.8) is 0 Å². The van der Waals surface area contributed by atoms with Crippen molar-refractivity contribution in [2.75, 3.05) is 0 Å². The van der Waals surface area contributed by atoms with Gasteiger partial charge in [-0.3, -0.25) is 0 Å². The van der Waals surface area contributed by atoms with E-state index in [1.165, 1.54) is 36.4 Å². The molecule has 3 aliphatic rings. The van der Waals surface area contributed by atoms with Gasteiger partial charge in [0.15, 0.2) is 23.0 Å². The molecule has 3 aliphatic carbocycles. The molecule has 0 spiro atoms. The summed E-state index contributed by atoms with van der Waals surface area (Å²) in [6, 6.07) is 19.7. The Morgan fingerprint density at radius 1 is 0.676 bits per heavy atom. The highest BCUT2D eigenvalue weighted by atomic mass is 17.2. The Kier molecular flexibility index (Phi) is 5.99. The van der Waals surface area contributed by atoms with Gasteiger partial charge < -0.3 is 20.4 Å². The highest BCUT2D eigenvalue weighted by Crippen LogP contribution is 2.40. The van der Waals surface area contributed by atoms with Crippen LogP contribution >= 0.6 is 0 Å². The molecule has 2 aromatic rings. The van der Waals surface area contributed by atoms with Gasteiger partial charge in [-0.15, -0.1) is 0 Å². The van der Waals surface area contributed by atoms with Gasteiger partial charge in [0.1, 0.15) is 0 Å². The first-order valence-corrected chi connectivity index (χ1v) is 11.2. The van der Waals surface area contributed by atoms with Gasteiger partial charge in [0.25, 0.3) is 0 Å². The van der Waals surface area contributed by atoms with Gasteiger partial charge in [-0.05, 0) is 81.8 Å². The fourth-order valence-corrected chi connectivity index (χ4v) is 4.23. The third kappa shape index (κ3) is 4.81. The zero-order valence-corrected chi connectivity index (χ0v) is 19.2. The van der Waals surface area contributed by atoms with E-state index in [1.807, 2.05) is 36.4 Å². The number of phenols is 4. The third-order valence-corrected chi connectivity index (χ3v) is 5.99. The molecule has 0 saturated carbocycles. The van der Waals surface area contributed by atoms with Crippen LogP contribution in [0.15, 0.2) is 78.9 Å². The number of fused-ring (bicyclic) bond motifs is 3. The maximum Gasteiger partial charge on any atom is 0.387 e. The van der Waals surface area contributed by atoms with Crippen molar-refractivity contribution in [3.8, 4) is 34.1 Å². The molecule has 0 fully saturated rings. The molecule has 0 amide bonds. The minimum Gasteiger partial charge on any atom is -0.504 e. The summed E-state index contributed by atoms with van der Waals surface area (Å²) in [7, 11) is 0. The SMILES string of the molecule is O=C(/C=C/c1ccc(O)c(O)c1)OOC(=O)C1=C(c2ccc(O)c(O)c2)Cc2cc1cc1cccc-1c2. The maximum absolute atomic E-state index is 13.2. The lowest BCUT2D eigenvalue weighted by Gasteiger charge is -2.18. The van der Waals surface area contributed by atoms with E-state index in [0.717, 1.165) is 22.8 Å². The summed E-state index contributed by atoms with van der Waals surface area (Å²) < 4.78 is 0. The van der Waals surface area contributed by atoms with Crippen molar-refractivity contribution < 1.29 is 39.8 Å². The fraction of sp³-hybridized carbons (Fsp3) is 0.0345. The molecular weight excluding hydrogens is 476 g/mol. The predicted molar refractivity (Wildman–Crippen MR) is 134 cm³/mol. The molecule has 37 heavy (non-hydrogen) atoms. The number of phenolic OH excluding ortho intramolecular Hbond substituents is 4. The lowest BCUT2D eigenvalue weighted by atomic mass is 9.86. The van der Waals surface area contributed by atoms with Crippen molar-refractivity contribution in [1.29, 1.82) is 0 Å². The van der Waals surface area contributed by atoms with Crippen molar-refractivity contribution >= 4 is 29.2 Å². The summed E-state index contributed by atoms with van der Waals surface area (Å²) in [6.07, 6.45) is 2.64. The normalized spacial score (nSPS) is 12.6. The molecule has 2 bridgehead atoms. The minimum atomic E-state index is -0.973. The largest absolute Gasteiger partial charge is 0.504 e. The molecule has 0 heterocycles. The Hall–Kier alpha value is -5.24. The van der Waals surface area contributed by atoms with Crippen LogP contribution in [0, 0.1) is 0 Å². The van der Waals surface area contributed by atoms with E-state index in [9.17, 15) is 30.0 Å². The molecular formula is C29H20O8. The Balaban J connectivity index is 1.44. The molecule has 0 atom stereocenters. The molecule has 184 valence electrons. The highest BCUT2D eigenvalue weighted by Gasteiger charge is 2.27. The summed E-state index contributed by atoms with van der Waals surface area (Å²) >= 11 is 0. The van der Waals surface area contributed by atoms with Crippen LogP contribution in [0.5, 0.6) is 23.0 Å². The molecule has 5 rings (SSSR count). The lowest BCUT2D eigenvalue weighted by Crippen LogP contribution is -2.15. The van der Waals surface area contributed by atoms with Gasteiger partial charge in [0, 0.05) is 6.08 Å². The summed E-state index contributed by atoms with van der Waals surface area (Å²) in [6.45, 7) is 0. The Bertz CT molecular complexity index is 1580. The zero-order chi connectivity index (χ0) is 26.1. The quantitative estimate of drug-likeness (QED) is 0.137. The van der Waals surface area contributed by atoms with Crippen LogP contribution in [0.4, 0.5) is 0 Å². The predicted octanol–water partition coefficient (Wildman–Crippen LogP) is 4.80. The fourth-order valence-electron chi connectivity index (χ4n) is 4.23. The van der Waals surface area contributed by atoms with Gasteiger partial charge in [0.05, 0.1) is 5.57 Å². The average Bonchev–Trinajstić information content (AvgIpc) is 3.25. The zero-order valence-electron chi connectivity index (χ0n) is 19.2. The van der Waals surface area contributed by atoms with Gasteiger partial charge >= 0.3 is 11.9 Å². The number of hydrogen-bond donors (Lipinski definition) is 4. The summed E-state index contributed by atoms with van der Waals surface area (Å²) in [5, 5.41) is 38.7. The molecule has 0 unspecified atom stereocenters. The Labute approximate surface area is 210 Å². The second-order valence-electron chi connectivity index (χ2n) is 8.49. The lowest BCUT2D eigenvalue weighted by molar-refractivity contribution is -0.249. The molecule has 0 radical (unpaired) electrons. The minimum absolute atomic E-state index is 0.150. The van der Waals surface area contributed by atoms with E-state index in [4.69, 9.17) is 9.78 Å². The summed E-state index contributed by atoms with van der Waals surface area (Å²) in [5.74, 6) is -3.18. The average molecular weight is 496 g/mol. The second-order valence-corrected chi connectivity index (χ2v) is 8.49.